The van der Waals surface area contributed by atoms with Crippen molar-refractivity contribution in [3.05, 3.63) is 65.6 Å². The van der Waals surface area contributed by atoms with Crippen LogP contribution in [0.15, 0.2) is 47.0 Å². The number of halogens is 2. The lowest BCUT2D eigenvalue weighted by Crippen LogP contribution is -2.37. The van der Waals surface area contributed by atoms with Gasteiger partial charge >= 0.3 is 0 Å². The van der Waals surface area contributed by atoms with Gasteiger partial charge in [0.15, 0.2) is 0 Å². The molecule has 6 nitrogen and oxygen atoms in total. The number of amides is 1. The molecule has 4 rings (SSSR count). The Hall–Kier alpha value is -3.29. The summed E-state index contributed by atoms with van der Waals surface area (Å²) < 4.78 is 32.9. The van der Waals surface area contributed by atoms with Crippen LogP contribution in [0.25, 0.3) is 11.4 Å². The van der Waals surface area contributed by atoms with Crippen molar-refractivity contribution in [2.75, 3.05) is 18.0 Å². The second-order valence-electron chi connectivity index (χ2n) is 6.69. The fourth-order valence-electron chi connectivity index (χ4n) is 3.36. The minimum absolute atomic E-state index is 0.0475. The molecule has 8 heteroatoms. The summed E-state index contributed by atoms with van der Waals surface area (Å²) in [6, 6.07) is 10.5. The van der Waals surface area contributed by atoms with Gasteiger partial charge in [-0.2, -0.15) is 4.98 Å². The van der Waals surface area contributed by atoms with Gasteiger partial charge in [0.2, 0.25) is 11.7 Å². The monoisotopic (exact) mass is 384 g/mol. The number of anilines is 1. The molecule has 1 aliphatic heterocycles. The molecule has 1 fully saturated rings. The van der Waals surface area contributed by atoms with Crippen molar-refractivity contribution >= 4 is 11.6 Å². The van der Waals surface area contributed by atoms with Crippen LogP contribution >= 0.6 is 0 Å². The van der Waals surface area contributed by atoms with Gasteiger partial charge in [-0.3, -0.25) is 4.79 Å². The number of aryl methyl sites for hydroxylation is 1. The van der Waals surface area contributed by atoms with E-state index in [-0.39, 0.29) is 17.6 Å². The van der Waals surface area contributed by atoms with Crippen molar-refractivity contribution in [3.63, 3.8) is 0 Å². The molecule has 3 aromatic rings. The first-order valence-corrected chi connectivity index (χ1v) is 8.92. The van der Waals surface area contributed by atoms with Gasteiger partial charge in [0.05, 0.1) is 0 Å². The summed E-state index contributed by atoms with van der Waals surface area (Å²) in [5, 5.41) is 6.78. The first kappa shape index (κ1) is 18.1. The smallest absolute Gasteiger partial charge is 0.251 e. The number of para-hydroxylation sites is 1. The van der Waals surface area contributed by atoms with Crippen LogP contribution in [0.4, 0.5) is 14.5 Å². The topological polar surface area (TPSA) is 71.3 Å². The maximum atomic E-state index is 14.0. The van der Waals surface area contributed by atoms with Crippen molar-refractivity contribution in [1.82, 2.24) is 15.5 Å². The average Bonchev–Trinajstić information content (AvgIpc) is 3.31. The Labute approximate surface area is 160 Å². The van der Waals surface area contributed by atoms with Crippen LogP contribution in [0.3, 0.4) is 0 Å². The van der Waals surface area contributed by atoms with Crippen LogP contribution in [0.1, 0.15) is 22.7 Å². The van der Waals surface area contributed by atoms with E-state index in [9.17, 15) is 13.6 Å². The summed E-state index contributed by atoms with van der Waals surface area (Å²) in [7, 11) is 0. The lowest BCUT2D eigenvalue weighted by atomic mass is 10.1. The van der Waals surface area contributed by atoms with E-state index in [0.29, 0.717) is 42.4 Å². The molecular weight excluding hydrogens is 366 g/mol. The molecule has 0 spiro atoms. The highest BCUT2D eigenvalue weighted by molar-refractivity contribution is 5.95. The number of hydrogen-bond acceptors (Lipinski definition) is 5. The predicted octanol–water partition coefficient (Wildman–Crippen LogP) is 3.33. The number of carbonyl (C=O) groups excluding carboxylic acids is 1. The summed E-state index contributed by atoms with van der Waals surface area (Å²) in [4.78, 5) is 18.4. The average molecular weight is 384 g/mol. The molecule has 1 aliphatic rings. The van der Waals surface area contributed by atoms with E-state index in [1.165, 1.54) is 18.2 Å². The van der Waals surface area contributed by atoms with Gasteiger partial charge < -0.3 is 14.7 Å². The molecular formula is C20H18F2N4O2. The summed E-state index contributed by atoms with van der Waals surface area (Å²) in [6.07, 6.45) is 0.600. The Morgan fingerprint density at radius 3 is 2.68 bits per heavy atom. The molecule has 144 valence electrons. The molecule has 1 N–H and O–H groups in total. The Bertz CT molecular complexity index is 1000. The fourth-order valence-corrected chi connectivity index (χ4v) is 3.36. The van der Waals surface area contributed by atoms with Crippen LogP contribution in [0, 0.1) is 18.6 Å². The van der Waals surface area contributed by atoms with Gasteiger partial charge in [-0.1, -0.05) is 23.4 Å². The molecule has 28 heavy (non-hydrogen) atoms. The zero-order chi connectivity index (χ0) is 19.7. The number of aromatic nitrogens is 2. The number of nitrogens with zero attached hydrogens (tertiary/aromatic N) is 3. The lowest BCUT2D eigenvalue weighted by Gasteiger charge is -2.20. The van der Waals surface area contributed by atoms with E-state index < -0.39 is 11.6 Å². The largest absolute Gasteiger partial charge is 0.365 e. The van der Waals surface area contributed by atoms with Crippen LogP contribution in [0.5, 0.6) is 0 Å². The lowest BCUT2D eigenvalue weighted by molar-refractivity contribution is 0.0940. The van der Waals surface area contributed by atoms with Crippen LogP contribution in [-0.2, 0) is 0 Å². The van der Waals surface area contributed by atoms with E-state index in [1.54, 1.807) is 36.1 Å². The van der Waals surface area contributed by atoms with Gasteiger partial charge in [-0.05, 0) is 30.7 Å². The Kier molecular flexibility index (Phi) is 4.77. The number of rotatable bonds is 4. The number of nitrogens with one attached hydrogen (secondary N) is 1. The standard InChI is InChI=1S/C20H18F2N4O2/c1-12-23-19(25-28-12)13-4-2-5-14(10-13)20(27)24-15-8-9-26(11-15)18-16(21)6-3-7-17(18)22/h2-7,10,15H,8-9,11H2,1H3,(H,24,27). The van der Waals surface area contributed by atoms with Crippen molar-refractivity contribution in [2.45, 2.75) is 19.4 Å². The third-order valence-corrected chi connectivity index (χ3v) is 4.69. The fraction of sp³-hybridized carbons (Fsp3) is 0.250. The molecule has 2 heterocycles. The summed E-state index contributed by atoms with van der Waals surface area (Å²) in [5.41, 5.74) is 1.08. The summed E-state index contributed by atoms with van der Waals surface area (Å²) >= 11 is 0. The SMILES string of the molecule is Cc1nc(-c2cccc(C(=O)NC3CCN(c4c(F)cccc4F)C3)c2)no1. The van der Waals surface area contributed by atoms with E-state index in [1.807, 2.05) is 0 Å². The van der Waals surface area contributed by atoms with Crippen molar-refractivity contribution < 1.29 is 18.1 Å². The first-order chi connectivity index (χ1) is 13.5. The van der Waals surface area contributed by atoms with Gasteiger partial charge in [-0.15, -0.1) is 0 Å². The molecule has 1 atom stereocenters. The minimum atomic E-state index is -0.602. The molecule has 0 radical (unpaired) electrons. The number of benzene rings is 2. The number of hydrogen-bond donors (Lipinski definition) is 1. The van der Waals surface area contributed by atoms with Gasteiger partial charge in [0.1, 0.15) is 17.3 Å². The highest BCUT2D eigenvalue weighted by Gasteiger charge is 2.28. The molecule has 1 aromatic heterocycles. The zero-order valence-electron chi connectivity index (χ0n) is 15.2. The van der Waals surface area contributed by atoms with Crippen molar-refractivity contribution in [3.8, 4) is 11.4 Å². The minimum Gasteiger partial charge on any atom is -0.365 e. The molecule has 0 bridgehead atoms. The molecule has 0 aliphatic carbocycles. The van der Waals surface area contributed by atoms with Gasteiger partial charge in [0.25, 0.3) is 5.91 Å². The third kappa shape index (κ3) is 3.58. The highest BCUT2D eigenvalue weighted by atomic mass is 19.1. The molecule has 1 amide bonds. The molecule has 1 unspecified atom stereocenters. The van der Waals surface area contributed by atoms with Crippen molar-refractivity contribution in [2.24, 2.45) is 0 Å². The number of carbonyl (C=O) groups is 1. The second kappa shape index (κ2) is 7.38. The van der Waals surface area contributed by atoms with Crippen LogP contribution < -0.4 is 10.2 Å². The third-order valence-electron chi connectivity index (χ3n) is 4.69. The Morgan fingerprint density at radius 1 is 1.21 bits per heavy atom. The van der Waals surface area contributed by atoms with Gasteiger partial charge in [0, 0.05) is 37.2 Å². The maximum Gasteiger partial charge on any atom is 0.251 e. The molecule has 0 saturated carbocycles. The predicted molar refractivity (Wildman–Crippen MR) is 98.9 cm³/mol. The molecule has 2 aromatic carbocycles. The van der Waals surface area contributed by atoms with E-state index in [4.69, 9.17) is 4.52 Å². The van der Waals surface area contributed by atoms with Crippen LogP contribution in [0.2, 0.25) is 0 Å². The second-order valence-corrected chi connectivity index (χ2v) is 6.69. The summed E-state index contributed by atoms with van der Waals surface area (Å²) in [6.45, 7) is 2.50. The Morgan fingerprint density at radius 2 is 1.96 bits per heavy atom. The van der Waals surface area contributed by atoms with E-state index in [2.05, 4.69) is 15.5 Å². The zero-order valence-corrected chi connectivity index (χ0v) is 15.2. The van der Waals surface area contributed by atoms with E-state index >= 15 is 0 Å². The summed E-state index contributed by atoms with van der Waals surface area (Å²) in [5.74, 6) is -0.612. The first-order valence-electron chi connectivity index (χ1n) is 8.92. The maximum absolute atomic E-state index is 14.0. The quantitative estimate of drug-likeness (QED) is 0.747. The highest BCUT2D eigenvalue weighted by Crippen LogP contribution is 2.27. The van der Waals surface area contributed by atoms with Crippen LogP contribution in [-0.4, -0.2) is 35.2 Å². The van der Waals surface area contributed by atoms with E-state index in [0.717, 1.165) is 0 Å². The van der Waals surface area contributed by atoms with Gasteiger partial charge in [-0.25, -0.2) is 8.78 Å². The normalized spacial score (nSPS) is 16.4. The molecule has 1 saturated heterocycles. The Balaban J connectivity index is 1.45. The van der Waals surface area contributed by atoms with Crippen molar-refractivity contribution in [1.29, 1.82) is 0 Å².